The van der Waals surface area contributed by atoms with Crippen molar-refractivity contribution in [2.45, 2.75) is 58.6 Å². The number of hydrogen-bond donors (Lipinski definition) is 1. The Balaban J connectivity index is 1.87. The lowest BCUT2D eigenvalue weighted by Gasteiger charge is -2.30. The van der Waals surface area contributed by atoms with Crippen molar-refractivity contribution in [1.29, 1.82) is 0 Å². The Kier molecular flexibility index (Phi) is 7.70. The van der Waals surface area contributed by atoms with Gasteiger partial charge < -0.3 is 14.8 Å². The molecule has 1 fully saturated rings. The Labute approximate surface area is 155 Å². The van der Waals surface area contributed by atoms with Crippen LogP contribution in [0.2, 0.25) is 0 Å². The molecule has 0 radical (unpaired) electrons. The minimum Gasteiger partial charge on any atom is -0.493 e. The van der Waals surface area contributed by atoms with Crippen LogP contribution in [0.4, 0.5) is 0 Å². The van der Waals surface area contributed by atoms with E-state index in [1.54, 1.807) is 13.0 Å². The molecule has 1 aliphatic rings. The van der Waals surface area contributed by atoms with Crippen LogP contribution >= 0.6 is 0 Å². The molecule has 1 N–H and O–H groups in total. The van der Waals surface area contributed by atoms with Gasteiger partial charge in [0.05, 0.1) is 6.61 Å². The van der Waals surface area contributed by atoms with Crippen molar-refractivity contribution >= 4 is 18.0 Å². The quantitative estimate of drug-likeness (QED) is 0.595. The van der Waals surface area contributed by atoms with E-state index >= 15 is 0 Å². The third-order valence-electron chi connectivity index (χ3n) is 4.72. The maximum absolute atomic E-state index is 12.3. The van der Waals surface area contributed by atoms with E-state index in [0.717, 1.165) is 24.8 Å². The molecule has 0 heterocycles. The molecule has 3 atom stereocenters. The van der Waals surface area contributed by atoms with E-state index in [-0.39, 0.29) is 11.9 Å². The highest BCUT2D eigenvalue weighted by Gasteiger charge is 2.25. The first-order valence-corrected chi connectivity index (χ1v) is 9.42. The fourth-order valence-corrected chi connectivity index (χ4v) is 3.16. The van der Waals surface area contributed by atoms with E-state index in [0.29, 0.717) is 18.3 Å². The van der Waals surface area contributed by atoms with Gasteiger partial charge >= 0.3 is 5.97 Å². The van der Waals surface area contributed by atoms with E-state index in [1.165, 1.54) is 12.5 Å². The van der Waals surface area contributed by atoms with Crippen molar-refractivity contribution in [3.8, 4) is 5.75 Å². The molecule has 1 amide bonds. The smallest absolute Gasteiger partial charge is 0.331 e. The van der Waals surface area contributed by atoms with Crippen LogP contribution < -0.4 is 10.1 Å². The predicted octanol–water partition coefficient (Wildman–Crippen LogP) is 3.73. The summed E-state index contributed by atoms with van der Waals surface area (Å²) in [6.45, 7) is 6.20. The number of ether oxygens (including phenoxy) is 2. The molecule has 1 aromatic carbocycles. The average molecular weight is 359 g/mol. The summed E-state index contributed by atoms with van der Waals surface area (Å²) in [4.78, 5) is 24.3. The molecule has 0 aromatic heterocycles. The van der Waals surface area contributed by atoms with Gasteiger partial charge in [0, 0.05) is 17.7 Å². The summed E-state index contributed by atoms with van der Waals surface area (Å²) in [7, 11) is 0. The lowest BCUT2D eigenvalue weighted by atomic mass is 9.86. The second-order valence-electron chi connectivity index (χ2n) is 6.76. The monoisotopic (exact) mass is 359 g/mol. The van der Waals surface area contributed by atoms with Crippen molar-refractivity contribution in [3.05, 3.63) is 35.9 Å². The summed E-state index contributed by atoms with van der Waals surface area (Å²) in [5, 5.41) is 3.01. The lowest BCUT2D eigenvalue weighted by Crippen LogP contribution is -2.45. The number of esters is 1. The van der Waals surface area contributed by atoms with Crippen LogP contribution in [0.5, 0.6) is 5.75 Å². The van der Waals surface area contributed by atoms with Crippen molar-refractivity contribution in [2.24, 2.45) is 5.92 Å². The standard InChI is InChI=1S/C21H29NO4/c1-4-25-19-12-8-6-10-17(19)13-14-20(23)26-16(3)21(24)22-18-11-7-5-9-15(18)2/h6,8,10,12-16,18H,4-5,7,9,11H2,1-3H3,(H,22,24)/b14-13+. The molecule has 1 saturated carbocycles. The predicted molar refractivity (Wildman–Crippen MR) is 102 cm³/mol. The molecule has 26 heavy (non-hydrogen) atoms. The third kappa shape index (κ3) is 5.90. The first-order valence-electron chi connectivity index (χ1n) is 9.42. The van der Waals surface area contributed by atoms with Crippen LogP contribution in [0.15, 0.2) is 30.3 Å². The van der Waals surface area contributed by atoms with Crippen LogP contribution in [0.3, 0.4) is 0 Å². The summed E-state index contributed by atoms with van der Waals surface area (Å²) in [6, 6.07) is 7.62. The van der Waals surface area contributed by atoms with Crippen LogP contribution in [0, 0.1) is 5.92 Å². The molecular formula is C21H29NO4. The van der Waals surface area contributed by atoms with Gasteiger partial charge in [0.25, 0.3) is 5.91 Å². The Morgan fingerprint density at radius 2 is 2.00 bits per heavy atom. The highest BCUT2D eigenvalue weighted by Crippen LogP contribution is 2.24. The van der Waals surface area contributed by atoms with Crippen molar-refractivity contribution in [3.63, 3.8) is 0 Å². The Morgan fingerprint density at radius 1 is 1.27 bits per heavy atom. The van der Waals surface area contributed by atoms with Gasteiger partial charge in [-0.3, -0.25) is 4.79 Å². The Bertz CT molecular complexity index is 641. The number of para-hydroxylation sites is 1. The zero-order chi connectivity index (χ0) is 18.9. The fourth-order valence-electron chi connectivity index (χ4n) is 3.16. The van der Waals surface area contributed by atoms with Crippen molar-refractivity contribution in [1.82, 2.24) is 5.32 Å². The summed E-state index contributed by atoms with van der Waals surface area (Å²) in [5.41, 5.74) is 0.791. The first kappa shape index (κ1) is 20.0. The van der Waals surface area contributed by atoms with E-state index in [4.69, 9.17) is 9.47 Å². The number of benzene rings is 1. The van der Waals surface area contributed by atoms with Gasteiger partial charge in [-0.2, -0.15) is 0 Å². The maximum atomic E-state index is 12.3. The molecule has 2 rings (SSSR count). The molecular weight excluding hydrogens is 330 g/mol. The molecule has 0 bridgehead atoms. The molecule has 5 nitrogen and oxygen atoms in total. The molecule has 1 aliphatic carbocycles. The molecule has 0 saturated heterocycles. The first-order chi connectivity index (χ1) is 12.5. The van der Waals surface area contributed by atoms with Gasteiger partial charge in [0.1, 0.15) is 5.75 Å². The maximum Gasteiger partial charge on any atom is 0.331 e. The number of carbonyl (C=O) groups excluding carboxylic acids is 2. The number of hydrogen-bond acceptors (Lipinski definition) is 4. The minimum absolute atomic E-state index is 0.172. The zero-order valence-electron chi connectivity index (χ0n) is 15.9. The Morgan fingerprint density at radius 3 is 2.73 bits per heavy atom. The molecule has 142 valence electrons. The van der Waals surface area contributed by atoms with Crippen LogP contribution in [-0.2, 0) is 14.3 Å². The van der Waals surface area contributed by atoms with Gasteiger partial charge in [0.2, 0.25) is 0 Å². The van der Waals surface area contributed by atoms with E-state index in [9.17, 15) is 9.59 Å². The van der Waals surface area contributed by atoms with Gasteiger partial charge in [-0.05, 0) is 44.7 Å². The molecule has 1 aromatic rings. The SMILES string of the molecule is CCOc1ccccc1/C=C/C(=O)OC(C)C(=O)NC1CCCCC1C. The van der Waals surface area contributed by atoms with Crippen molar-refractivity contribution < 1.29 is 19.1 Å². The summed E-state index contributed by atoms with van der Waals surface area (Å²) >= 11 is 0. The molecule has 0 aliphatic heterocycles. The van der Waals surface area contributed by atoms with Crippen molar-refractivity contribution in [2.75, 3.05) is 6.61 Å². The fraction of sp³-hybridized carbons (Fsp3) is 0.524. The lowest BCUT2D eigenvalue weighted by molar-refractivity contribution is -0.150. The second-order valence-corrected chi connectivity index (χ2v) is 6.76. The topological polar surface area (TPSA) is 64.6 Å². The second kappa shape index (κ2) is 10.00. The molecule has 3 unspecified atom stereocenters. The van der Waals surface area contributed by atoms with Gasteiger partial charge in [0.15, 0.2) is 6.10 Å². The van der Waals surface area contributed by atoms with E-state index in [2.05, 4.69) is 12.2 Å². The van der Waals surface area contributed by atoms with E-state index < -0.39 is 12.1 Å². The number of rotatable bonds is 7. The average Bonchev–Trinajstić information content (AvgIpc) is 2.63. The van der Waals surface area contributed by atoms with Crippen LogP contribution in [0.25, 0.3) is 6.08 Å². The third-order valence-corrected chi connectivity index (χ3v) is 4.72. The minimum atomic E-state index is -0.816. The van der Waals surface area contributed by atoms with Crippen LogP contribution in [-0.4, -0.2) is 30.6 Å². The Hall–Kier alpha value is -2.30. The number of nitrogens with one attached hydrogen (secondary N) is 1. The number of carbonyl (C=O) groups is 2. The van der Waals surface area contributed by atoms with Gasteiger partial charge in [-0.15, -0.1) is 0 Å². The van der Waals surface area contributed by atoms with E-state index in [1.807, 2.05) is 31.2 Å². The molecule has 5 heteroatoms. The van der Waals surface area contributed by atoms with Gasteiger partial charge in [-0.25, -0.2) is 4.79 Å². The normalized spacial score (nSPS) is 21.2. The zero-order valence-corrected chi connectivity index (χ0v) is 15.9. The van der Waals surface area contributed by atoms with Crippen LogP contribution in [0.1, 0.15) is 52.0 Å². The number of amides is 1. The largest absolute Gasteiger partial charge is 0.493 e. The molecule has 0 spiro atoms. The summed E-state index contributed by atoms with van der Waals surface area (Å²) < 4.78 is 10.7. The highest BCUT2D eigenvalue weighted by molar-refractivity contribution is 5.90. The highest BCUT2D eigenvalue weighted by atomic mass is 16.5. The summed E-state index contributed by atoms with van der Waals surface area (Å²) in [5.74, 6) is 0.387. The summed E-state index contributed by atoms with van der Waals surface area (Å²) in [6.07, 6.45) is 6.61. The van der Waals surface area contributed by atoms with Gasteiger partial charge in [-0.1, -0.05) is 38.0 Å².